The number of ketones is 1. The molecular formula is C19H21BrFNO3. The lowest BCUT2D eigenvalue weighted by atomic mass is 10.1. The fourth-order valence-electron chi connectivity index (χ4n) is 3.17. The summed E-state index contributed by atoms with van der Waals surface area (Å²) in [5.41, 5.74) is 2.63. The van der Waals surface area contributed by atoms with Gasteiger partial charge in [0.05, 0.1) is 10.6 Å². The second-order valence-electron chi connectivity index (χ2n) is 6.32. The maximum Gasteiger partial charge on any atom is 0.202 e. The summed E-state index contributed by atoms with van der Waals surface area (Å²) < 4.78 is 27.0. The summed E-state index contributed by atoms with van der Waals surface area (Å²) in [4.78, 5) is 12.6. The zero-order valence-electron chi connectivity index (χ0n) is 14.4. The molecule has 0 radical (unpaired) electrons. The van der Waals surface area contributed by atoms with Gasteiger partial charge in [0.25, 0.3) is 0 Å². The monoisotopic (exact) mass is 409 g/mol. The largest absolute Gasteiger partial charge is 0.484 e. The van der Waals surface area contributed by atoms with E-state index < -0.39 is 0 Å². The number of Topliss-reactive ketones (excluding diaryl/α,β-unsaturated/α-hetero) is 1. The van der Waals surface area contributed by atoms with Crippen LogP contribution in [0.15, 0.2) is 28.7 Å². The van der Waals surface area contributed by atoms with Crippen LogP contribution in [0.2, 0.25) is 0 Å². The van der Waals surface area contributed by atoms with Crippen molar-refractivity contribution in [3.8, 4) is 5.75 Å². The highest BCUT2D eigenvalue weighted by Crippen LogP contribution is 2.26. The van der Waals surface area contributed by atoms with Crippen molar-refractivity contribution in [1.82, 2.24) is 4.57 Å². The van der Waals surface area contributed by atoms with Crippen LogP contribution in [0.4, 0.5) is 4.39 Å². The van der Waals surface area contributed by atoms with E-state index in [-0.39, 0.29) is 24.3 Å². The fourth-order valence-corrected chi connectivity index (χ4v) is 3.63. The van der Waals surface area contributed by atoms with Gasteiger partial charge in [-0.2, -0.15) is 0 Å². The second-order valence-corrected chi connectivity index (χ2v) is 7.17. The number of rotatable bonds is 6. The number of benzene rings is 1. The number of hydrogen-bond donors (Lipinski definition) is 0. The summed E-state index contributed by atoms with van der Waals surface area (Å²) in [5.74, 6) is -0.00550. The summed E-state index contributed by atoms with van der Waals surface area (Å²) in [5, 5.41) is 0. The van der Waals surface area contributed by atoms with Gasteiger partial charge in [-0.05, 0) is 66.9 Å². The van der Waals surface area contributed by atoms with Gasteiger partial charge in [-0.1, -0.05) is 0 Å². The molecule has 6 heteroatoms. The normalized spacial score (nSPS) is 17.0. The molecule has 1 fully saturated rings. The Kier molecular flexibility index (Phi) is 5.59. The Hall–Kier alpha value is -1.66. The van der Waals surface area contributed by atoms with Crippen molar-refractivity contribution in [2.45, 2.75) is 39.3 Å². The molecule has 0 amide bonds. The van der Waals surface area contributed by atoms with E-state index in [0.717, 1.165) is 37.4 Å². The van der Waals surface area contributed by atoms with Gasteiger partial charge >= 0.3 is 0 Å². The molecule has 0 spiro atoms. The molecule has 2 heterocycles. The van der Waals surface area contributed by atoms with Crippen LogP contribution in [-0.2, 0) is 11.3 Å². The van der Waals surface area contributed by atoms with Gasteiger partial charge < -0.3 is 14.0 Å². The first-order valence-corrected chi connectivity index (χ1v) is 9.14. The molecule has 0 saturated carbocycles. The van der Waals surface area contributed by atoms with Crippen molar-refractivity contribution >= 4 is 21.7 Å². The van der Waals surface area contributed by atoms with E-state index in [0.29, 0.717) is 15.8 Å². The maximum absolute atomic E-state index is 13.1. The lowest BCUT2D eigenvalue weighted by Gasteiger charge is -2.15. The Bertz CT molecular complexity index is 781. The molecule has 0 bridgehead atoms. The minimum atomic E-state index is -0.358. The lowest BCUT2D eigenvalue weighted by Crippen LogP contribution is -2.18. The van der Waals surface area contributed by atoms with Crippen LogP contribution < -0.4 is 4.74 Å². The van der Waals surface area contributed by atoms with Gasteiger partial charge in [0, 0.05) is 30.1 Å². The van der Waals surface area contributed by atoms with E-state index >= 15 is 0 Å². The van der Waals surface area contributed by atoms with Gasteiger partial charge in [0.2, 0.25) is 5.78 Å². The van der Waals surface area contributed by atoms with E-state index in [9.17, 15) is 9.18 Å². The van der Waals surface area contributed by atoms with Crippen LogP contribution in [0, 0.1) is 19.7 Å². The van der Waals surface area contributed by atoms with E-state index in [2.05, 4.69) is 20.5 Å². The van der Waals surface area contributed by atoms with Crippen LogP contribution >= 0.6 is 15.9 Å². The van der Waals surface area contributed by atoms with Crippen molar-refractivity contribution in [2.24, 2.45) is 0 Å². The molecule has 2 aromatic rings. The molecule has 1 aliphatic rings. The molecule has 3 rings (SSSR count). The van der Waals surface area contributed by atoms with Crippen LogP contribution in [0.3, 0.4) is 0 Å². The standard InChI is InChI=1S/C19H21BrFNO3/c1-12-8-16(13(2)22(12)10-15-4-3-7-24-15)18(23)11-25-19-6-5-14(21)9-17(19)20/h5-6,8-9,15H,3-4,7,10-11H2,1-2H3. The third-order valence-corrected chi connectivity index (χ3v) is 5.16. The number of halogens is 2. The zero-order valence-corrected chi connectivity index (χ0v) is 15.9. The van der Waals surface area contributed by atoms with Crippen LogP contribution in [0.5, 0.6) is 5.75 Å². The van der Waals surface area contributed by atoms with E-state index in [4.69, 9.17) is 9.47 Å². The third-order valence-electron chi connectivity index (χ3n) is 4.54. The molecule has 0 N–H and O–H groups in total. The number of carbonyl (C=O) groups excluding carboxylic acids is 1. The molecule has 1 atom stereocenters. The summed E-state index contributed by atoms with van der Waals surface area (Å²) in [7, 11) is 0. The second kappa shape index (κ2) is 7.70. The Balaban J connectivity index is 1.69. The lowest BCUT2D eigenvalue weighted by molar-refractivity contribution is 0.0914. The molecule has 25 heavy (non-hydrogen) atoms. The van der Waals surface area contributed by atoms with E-state index in [1.807, 2.05) is 19.9 Å². The predicted molar refractivity (Wildman–Crippen MR) is 96.8 cm³/mol. The van der Waals surface area contributed by atoms with Gasteiger partial charge in [-0.25, -0.2) is 4.39 Å². The number of nitrogens with zero attached hydrogens (tertiary/aromatic N) is 1. The predicted octanol–water partition coefficient (Wildman–Crippen LogP) is 4.45. The summed E-state index contributed by atoms with van der Waals surface area (Å²) in [6.45, 7) is 5.44. The van der Waals surface area contributed by atoms with Gasteiger partial charge in [-0.3, -0.25) is 4.79 Å². The molecule has 1 aromatic carbocycles. The minimum Gasteiger partial charge on any atom is -0.484 e. The summed E-state index contributed by atoms with van der Waals surface area (Å²) in [6.07, 6.45) is 2.37. The molecule has 1 saturated heterocycles. The first-order valence-electron chi connectivity index (χ1n) is 8.35. The Morgan fingerprint density at radius 3 is 2.88 bits per heavy atom. The van der Waals surface area contributed by atoms with E-state index in [1.54, 1.807) is 0 Å². The highest BCUT2D eigenvalue weighted by molar-refractivity contribution is 9.10. The Labute approximate surface area is 155 Å². The maximum atomic E-state index is 13.1. The molecule has 1 unspecified atom stereocenters. The average molecular weight is 410 g/mol. The fraction of sp³-hybridized carbons (Fsp3) is 0.421. The SMILES string of the molecule is Cc1cc(C(=O)COc2ccc(F)cc2Br)c(C)n1CC1CCCO1. The van der Waals surface area contributed by atoms with Crippen molar-refractivity contribution in [2.75, 3.05) is 13.2 Å². The van der Waals surface area contributed by atoms with Crippen molar-refractivity contribution in [1.29, 1.82) is 0 Å². The number of hydrogen-bond acceptors (Lipinski definition) is 3. The van der Waals surface area contributed by atoms with E-state index in [1.165, 1.54) is 18.2 Å². The van der Waals surface area contributed by atoms with Crippen molar-refractivity contribution in [3.05, 3.63) is 51.5 Å². The smallest absolute Gasteiger partial charge is 0.202 e. The molecular weight excluding hydrogens is 389 g/mol. The summed E-state index contributed by atoms with van der Waals surface area (Å²) >= 11 is 3.24. The first kappa shape index (κ1) is 18.1. The van der Waals surface area contributed by atoms with Gasteiger partial charge in [0.1, 0.15) is 11.6 Å². The number of aromatic nitrogens is 1. The van der Waals surface area contributed by atoms with Crippen LogP contribution in [0.1, 0.15) is 34.6 Å². The highest BCUT2D eigenvalue weighted by atomic mass is 79.9. The minimum absolute atomic E-state index is 0.0888. The highest BCUT2D eigenvalue weighted by Gasteiger charge is 2.21. The summed E-state index contributed by atoms with van der Waals surface area (Å²) in [6, 6.07) is 6.02. The third kappa shape index (κ3) is 4.12. The average Bonchev–Trinajstić information content (AvgIpc) is 3.17. The van der Waals surface area contributed by atoms with Crippen LogP contribution in [0.25, 0.3) is 0 Å². The molecule has 1 aromatic heterocycles. The Morgan fingerprint density at radius 2 is 2.20 bits per heavy atom. The molecule has 4 nitrogen and oxygen atoms in total. The van der Waals surface area contributed by atoms with Crippen molar-refractivity contribution < 1.29 is 18.7 Å². The van der Waals surface area contributed by atoms with Crippen LogP contribution in [-0.4, -0.2) is 29.7 Å². The number of ether oxygens (including phenoxy) is 2. The number of aryl methyl sites for hydroxylation is 1. The first-order chi connectivity index (χ1) is 12.0. The van der Waals surface area contributed by atoms with Crippen molar-refractivity contribution in [3.63, 3.8) is 0 Å². The quantitative estimate of drug-likeness (QED) is 0.661. The zero-order chi connectivity index (χ0) is 18.0. The topological polar surface area (TPSA) is 40.5 Å². The molecule has 0 aliphatic carbocycles. The molecule has 1 aliphatic heterocycles. The van der Waals surface area contributed by atoms with Gasteiger partial charge in [-0.15, -0.1) is 0 Å². The molecule has 134 valence electrons. The Morgan fingerprint density at radius 1 is 1.40 bits per heavy atom. The number of carbonyl (C=O) groups is 1. The van der Waals surface area contributed by atoms with Gasteiger partial charge in [0.15, 0.2) is 6.61 Å².